The van der Waals surface area contributed by atoms with Crippen molar-refractivity contribution in [2.75, 3.05) is 13.7 Å². The molecule has 0 aromatic heterocycles. The van der Waals surface area contributed by atoms with Crippen molar-refractivity contribution in [2.24, 2.45) is 17.8 Å². The van der Waals surface area contributed by atoms with Crippen LogP contribution in [0, 0.1) is 17.8 Å². The smallest absolute Gasteiger partial charge is 0.337 e. The van der Waals surface area contributed by atoms with Gasteiger partial charge in [0.15, 0.2) is 0 Å². The van der Waals surface area contributed by atoms with Crippen LogP contribution in [0.4, 0.5) is 4.79 Å². The molecule has 0 saturated heterocycles. The predicted octanol–water partition coefficient (Wildman–Crippen LogP) is 5.25. The lowest BCUT2D eigenvalue weighted by Crippen LogP contribution is -2.61. The zero-order valence-electron chi connectivity index (χ0n) is 19.8. The maximum absolute atomic E-state index is 12.8. The Morgan fingerprint density at radius 1 is 0.941 bits per heavy atom. The third-order valence-corrected chi connectivity index (χ3v) is 7.83. The normalized spacial score (nSPS) is 27.6. The predicted molar refractivity (Wildman–Crippen MR) is 130 cm³/mol. The molecule has 34 heavy (non-hydrogen) atoms. The molecule has 4 aliphatic rings. The Morgan fingerprint density at radius 3 is 2.15 bits per heavy atom. The van der Waals surface area contributed by atoms with Crippen molar-refractivity contribution in [1.82, 2.24) is 10.6 Å². The second-order valence-corrected chi connectivity index (χ2v) is 10.4. The number of methoxy groups -OCH3 is 1. The van der Waals surface area contributed by atoms with E-state index in [2.05, 4.69) is 10.6 Å². The molecular formula is C28H34N2O4. The highest BCUT2D eigenvalue weighted by atomic mass is 16.5. The molecule has 0 spiro atoms. The number of rotatable bonds is 8. The maximum atomic E-state index is 12.8. The molecule has 4 saturated carbocycles. The monoisotopic (exact) mass is 462 g/mol. The van der Waals surface area contributed by atoms with E-state index in [-0.39, 0.29) is 23.6 Å². The summed E-state index contributed by atoms with van der Waals surface area (Å²) >= 11 is 0. The number of hydrogen-bond acceptors (Lipinski definition) is 4. The van der Waals surface area contributed by atoms with Gasteiger partial charge in [-0.3, -0.25) is 0 Å². The van der Waals surface area contributed by atoms with E-state index in [1.54, 1.807) is 24.3 Å². The molecular weight excluding hydrogens is 428 g/mol. The molecule has 2 N–H and O–H groups in total. The summed E-state index contributed by atoms with van der Waals surface area (Å²) in [5, 5.41) is 6.46. The summed E-state index contributed by atoms with van der Waals surface area (Å²) in [6, 6.07) is 16.9. The average Bonchev–Trinajstić information content (AvgIpc) is 2.82. The minimum Gasteiger partial charge on any atom is -0.486 e. The Morgan fingerprint density at radius 2 is 1.56 bits per heavy atom. The number of benzene rings is 2. The fourth-order valence-electron chi connectivity index (χ4n) is 6.78. The van der Waals surface area contributed by atoms with Gasteiger partial charge >= 0.3 is 12.0 Å². The summed E-state index contributed by atoms with van der Waals surface area (Å²) in [7, 11) is 1.37. The largest absolute Gasteiger partial charge is 0.486 e. The van der Waals surface area contributed by atoms with Gasteiger partial charge in [0, 0.05) is 18.5 Å². The summed E-state index contributed by atoms with van der Waals surface area (Å²) in [5.41, 5.74) is 1.53. The first-order chi connectivity index (χ1) is 16.5. The zero-order valence-corrected chi connectivity index (χ0v) is 19.8. The molecule has 1 unspecified atom stereocenters. The second kappa shape index (κ2) is 9.69. The van der Waals surface area contributed by atoms with Gasteiger partial charge in [-0.15, -0.1) is 0 Å². The molecule has 2 amide bonds. The van der Waals surface area contributed by atoms with Gasteiger partial charge in [0.05, 0.1) is 12.7 Å². The first-order valence-electron chi connectivity index (χ1n) is 12.5. The van der Waals surface area contributed by atoms with Crippen LogP contribution in [0.2, 0.25) is 0 Å². The number of esters is 1. The fourth-order valence-corrected chi connectivity index (χ4v) is 6.78. The summed E-state index contributed by atoms with van der Waals surface area (Å²) in [6.45, 7) is 0.512. The van der Waals surface area contributed by atoms with E-state index in [1.165, 1.54) is 26.4 Å². The van der Waals surface area contributed by atoms with Crippen LogP contribution in [-0.2, 0) is 4.74 Å². The van der Waals surface area contributed by atoms with E-state index in [0.717, 1.165) is 42.6 Å². The lowest BCUT2D eigenvalue weighted by atomic mass is 9.53. The van der Waals surface area contributed by atoms with E-state index in [0.29, 0.717) is 24.3 Å². The number of carbonyl (C=O) groups excluding carboxylic acids is 2. The summed E-state index contributed by atoms with van der Waals surface area (Å²) < 4.78 is 11.0. The number of urea groups is 1. The third kappa shape index (κ3) is 5.06. The molecule has 2 aromatic carbocycles. The highest BCUT2D eigenvalue weighted by Gasteiger charge is 2.51. The van der Waals surface area contributed by atoms with Crippen molar-refractivity contribution < 1.29 is 19.1 Å². The molecule has 6 heteroatoms. The Balaban J connectivity index is 1.18. The van der Waals surface area contributed by atoms with Crippen LogP contribution in [0.25, 0.3) is 0 Å². The highest BCUT2D eigenvalue weighted by Crippen LogP contribution is 2.55. The van der Waals surface area contributed by atoms with Crippen LogP contribution in [0.1, 0.15) is 67.0 Å². The average molecular weight is 463 g/mol. The Hall–Kier alpha value is -3.02. The van der Waals surface area contributed by atoms with Crippen molar-refractivity contribution in [1.29, 1.82) is 0 Å². The molecule has 0 radical (unpaired) electrons. The second-order valence-electron chi connectivity index (χ2n) is 10.4. The quantitative estimate of drug-likeness (QED) is 0.525. The van der Waals surface area contributed by atoms with Crippen molar-refractivity contribution in [3.8, 4) is 5.75 Å². The van der Waals surface area contributed by atoms with Crippen LogP contribution in [0.15, 0.2) is 54.6 Å². The van der Waals surface area contributed by atoms with Crippen LogP contribution in [-0.4, -0.2) is 31.2 Å². The van der Waals surface area contributed by atoms with E-state index in [9.17, 15) is 9.59 Å². The van der Waals surface area contributed by atoms with E-state index < -0.39 is 0 Å². The number of ether oxygens (including phenoxy) is 2. The molecule has 0 aliphatic heterocycles. The van der Waals surface area contributed by atoms with E-state index >= 15 is 0 Å². The van der Waals surface area contributed by atoms with Gasteiger partial charge in [-0.2, -0.15) is 0 Å². The molecule has 180 valence electrons. The zero-order chi connectivity index (χ0) is 23.5. The van der Waals surface area contributed by atoms with Gasteiger partial charge in [0.25, 0.3) is 0 Å². The molecule has 1 atom stereocenters. The van der Waals surface area contributed by atoms with Gasteiger partial charge in [-0.05, 0) is 86.1 Å². The maximum Gasteiger partial charge on any atom is 0.337 e. The van der Waals surface area contributed by atoms with Gasteiger partial charge in [0.1, 0.15) is 11.9 Å². The molecule has 2 aromatic rings. The van der Waals surface area contributed by atoms with Crippen LogP contribution in [0.3, 0.4) is 0 Å². The van der Waals surface area contributed by atoms with Gasteiger partial charge in [0.2, 0.25) is 0 Å². The molecule has 4 aliphatic carbocycles. The first-order valence-corrected chi connectivity index (χ1v) is 12.5. The number of hydrogen-bond donors (Lipinski definition) is 2. The highest BCUT2D eigenvalue weighted by molar-refractivity contribution is 5.89. The summed E-state index contributed by atoms with van der Waals surface area (Å²) in [5.74, 6) is 2.69. The van der Waals surface area contributed by atoms with Crippen molar-refractivity contribution in [3.05, 3.63) is 65.7 Å². The van der Waals surface area contributed by atoms with Crippen LogP contribution >= 0.6 is 0 Å². The Labute approximate surface area is 201 Å². The lowest BCUT2D eigenvalue weighted by molar-refractivity contribution is -0.0135. The fraction of sp³-hybridized carbons (Fsp3) is 0.500. The number of amides is 2. The minimum atomic E-state index is -0.375. The molecule has 6 rings (SSSR count). The van der Waals surface area contributed by atoms with Crippen molar-refractivity contribution in [3.63, 3.8) is 0 Å². The standard InChI is InChI=1S/C28H34N2O4/c1-33-26(31)23-7-9-24(10-8-23)34-25(22-5-3-2-4-6-22)11-12-29-27(32)30-28-16-19-13-20(17-28)15-21(14-19)18-28/h2-10,19-21,25H,11-18H2,1H3,(H2,29,30,32). The van der Waals surface area contributed by atoms with Gasteiger partial charge < -0.3 is 20.1 Å². The van der Waals surface area contributed by atoms with E-state index in [4.69, 9.17) is 9.47 Å². The Kier molecular flexibility index (Phi) is 6.48. The molecule has 6 nitrogen and oxygen atoms in total. The molecule has 0 heterocycles. The topological polar surface area (TPSA) is 76.7 Å². The van der Waals surface area contributed by atoms with Gasteiger partial charge in [-0.25, -0.2) is 9.59 Å². The number of carbonyl (C=O) groups is 2. The van der Waals surface area contributed by atoms with Gasteiger partial charge in [-0.1, -0.05) is 30.3 Å². The van der Waals surface area contributed by atoms with Crippen molar-refractivity contribution in [2.45, 2.75) is 56.6 Å². The van der Waals surface area contributed by atoms with Crippen LogP contribution in [0.5, 0.6) is 5.75 Å². The lowest BCUT2D eigenvalue weighted by Gasteiger charge is -2.56. The third-order valence-electron chi connectivity index (χ3n) is 7.83. The SMILES string of the molecule is COC(=O)c1ccc(OC(CCNC(=O)NC23CC4CC(CC(C4)C2)C3)c2ccccc2)cc1. The first kappa shape index (κ1) is 22.8. The Bertz CT molecular complexity index is 970. The minimum absolute atomic E-state index is 0.00947. The molecule has 4 bridgehead atoms. The van der Waals surface area contributed by atoms with Crippen molar-refractivity contribution >= 4 is 12.0 Å². The summed E-state index contributed by atoms with van der Waals surface area (Å²) in [6.07, 6.45) is 7.93. The summed E-state index contributed by atoms with van der Waals surface area (Å²) in [4.78, 5) is 24.5. The number of nitrogens with one attached hydrogen (secondary N) is 2. The molecule has 4 fully saturated rings. The van der Waals surface area contributed by atoms with E-state index in [1.807, 2.05) is 30.3 Å². The van der Waals surface area contributed by atoms with Crippen LogP contribution < -0.4 is 15.4 Å².